The maximum atomic E-state index is 10.5. The Labute approximate surface area is 74.0 Å². The molecule has 0 spiro atoms. The van der Waals surface area contributed by atoms with E-state index in [1.807, 2.05) is 0 Å². The van der Waals surface area contributed by atoms with Crippen LogP contribution < -0.4 is 0 Å². The Morgan fingerprint density at radius 2 is 1.83 bits per heavy atom. The molecule has 0 bridgehead atoms. The van der Waals surface area contributed by atoms with Gasteiger partial charge in [0, 0.05) is 5.75 Å². The molecule has 12 heavy (non-hydrogen) atoms. The van der Waals surface area contributed by atoms with Crippen LogP contribution >= 0.6 is 11.8 Å². The summed E-state index contributed by atoms with van der Waals surface area (Å²) >= 11 is 1.23. The monoisotopic (exact) mass is 190 g/mol. The lowest BCUT2D eigenvalue weighted by Gasteiger charge is -2.22. The molecule has 1 aliphatic heterocycles. The maximum absolute atomic E-state index is 10.5. The highest BCUT2D eigenvalue weighted by atomic mass is 32.2. The third-order valence-corrected chi connectivity index (χ3v) is 3.34. The van der Waals surface area contributed by atoms with Crippen molar-refractivity contribution in [2.75, 3.05) is 5.75 Å². The fourth-order valence-corrected chi connectivity index (χ4v) is 2.36. The predicted molar refractivity (Wildman–Crippen MR) is 44.2 cm³/mol. The highest BCUT2D eigenvalue weighted by molar-refractivity contribution is 8.00. The van der Waals surface area contributed by atoms with Gasteiger partial charge in [0.2, 0.25) is 0 Å². The summed E-state index contributed by atoms with van der Waals surface area (Å²) in [5.74, 6) is -1.58. The number of rotatable bonds is 2. The van der Waals surface area contributed by atoms with Gasteiger partial charge in [0.1, 0.15) is 5.25 Å². The molecule has 1 fully saturated rings. The van der Waals surface area contributed by atoms with Crippen LogP contribution in [0.4, 0.5) is 0 Å². The molecule has 0 aromatic heterocycles. The Bertz CT molecular complexity index is 174. The average Bonchev–Trinajstić information content (AvgIpc) is 2.04. The molecule has 0 radical (unpaired) electrons. The fourth-order valence-electron chi connectivity index (χ4n) is 1.14. The molecule has 1 heterocycles. The fraction of sp³-hybridized carbons (Fsp3) is 0.714. The van der Waals surface area contributed by atoms with Crippen LogP contribution in [0.25, 0.3) is 0 Å². The van der Waals surface area contributed by atoms with Crippen molar-refractivity contribution in [3.63, 3.8) is 0 Å². The molecule has 1 saturated heterocycles. The van der Waals surface area contributed by atoms with Crippen LogP contribution in [-0.2, 0) is 9.59 Å². The molecule has 2 N–H and O–H groups in total. The van der Waals surface area contributed by atoms with Gasteiger partial charge in [-0.15, -0.1) is 11.8 Å². The number of thioether (sulfide) groups is 1. The smallest absolute Gasteiger partial charge is 0.316 e. The zero-order chi connectivity index (χ0) is 9.14. The highest BCUT2D eigenvalue weighted by Crippen LogP contribution is 2.29. The molecule has 5 heteroatoms. The standard InChI is InChI=1S/C7H10O4S/c8-6(9)4-1-2-5(7(10)11)12-3-4/h4-5H,1-3H2,(H,8,9)(H,10,11). The van der Waals surface area contributed by atoms with E-state index in [2.05, 4.69) is 0 Å². The van der Waals surface area contributed by atoms with Crippen molar-refractivity contribution in [1.29, 1.82) is 0 Å². The lowest BCUT2D eigenvalue weighted by atomic mass is 10.0. The van der Waals surface area contributed by atoms with Gasteiger partial charge in [-0.3, -0.25) is 9.59 Å². The largest absolute Gasteiger partial charge is 0.481 e. The van der Waals surface area contributed by atoms with Gasteiger partial charge in [0.15, 0.2) is 0 Å². The van der Waals surface area contributed by atoms with Crippen molar-refractivity contribution in [2.24, 2.45) is 5.92 Å². The molecule has 0 amide bonds. The Morgan fingerprint density at radius 3 is 2.17 bits per heavy atom. The number of hydrogen-bond donors (Lipinski definition) is 2. The van der Waals surface area contributed by atoms with E-state index in [-0.39, 0.29) is 5.92 Å². The minimum Gasteiger partial charge on any atom is -0.481 e. The molecular weight excluding hydrogens is 180 g/mol. The van der Waals surface area contributed by atoms with Crippen LogP contribution in [0.15, 0.2) is 0 Å². The van der Waals surface area contributed by atoms with Gasteiger partial charge in [-0.1, -0.05) is 0 Å². The maximum Gasteiger partial charge on any atom is 0.316 e. The first-order valence-corrected chi connectivity index (χ1v) is 4.73. The van der Waals surface area contributed by atoms with Crippen LogP contribution in [0.3, 0.4) is 0 Å². The van der Waals surface area contributed by atoms with Gasteiger partial charge >= 0.3 is 11.9 Å². The second-order valence-corrected chi connectivity index (χ2v) is 4.01. The molecule has 0 saturated carbocycles. The van der Waals surface area contributed by atoms with Crippen molar-refractivity contribution < 1.29 is 19.8 Å². The van der Waals surface area contributed by atoms with Gasteiger partial charge in [-0.2, -0.15) is 0 Å². The van der Waals surface area contributed by atoms with Gasteiger partial charge in [-0.25, -0.2) is 0 Å². The molecule has 0 aromatic carbocycles. The zero-order valence-electron chi connectivity index (χ0n) is 6.40. The van der Waals surface area contributed by atoms with Crippen LogP contribution in [0, 0.1) is 5.92 Å². The van der Waals surface area contributed by atoms with E-state index in [1.54, 1.807) is 0 Å². The predicted octanol–water partition coefficient (Wildman–Crippen LogP) is 0.667. The van der Waals surface area contributed by atoms with E-state index < -0.39 is 17.2 Å². The summed E-state index contributed by atoms with van der Waals surface area (Å²) in [6.07, 6.45) is 0.955. The van der Waals surface area contributed by atoms with Crippen LogP contribution in [0.2, 0.25) is 0 Å². The third kappa shape index (κ3) is 2.14. The third-order valence-electron chi connectivity index (χ3n) is 1.90. The number of hydrogen-bond acceptors (Lipinski definition) is 3. The molecule has 1 aliphatic rings. The summed E-state index contributed by atoms with van der Waals surface area (Å²) in [6, 6.07) is 0. The summed E-state index contributed by atoms with van der Waals surface area (Å²) in [4.78, 5) is 20.9. The van der Waals surface area contributed by atoms with Crippen LogP contribution in [0.1, 0.15) is 12.8 Å². The first-order valence-electron chi connectivity index (χ1n) is 3.68. The normalized spacial score (nSPS) is 29.7. The number of carboxylic acid groups (broad SMARTS) is 2. The van der Waals surface area contributed by atoms with Crippen molar-refractivity contribution in [2.45, 2.75) is 18.1 Å². The quantitative estimate of drug-likeness (QED) is 0.669. The lowest BCUT2D eigenvalue weighted by molar-refractivity contribution is -0.142. The van der Waals surface area contributed by atoms with Crippen molar-refractivity contribution in [1.82, 2.24) is 0 Å². The molecule has 2 unspecified atom stereocenters. The Balaban J connectivity index is 2.39. The van der Waals surface area contributed by atoms with Gasteiger partial charge in [0.25, 0.3) is 0 Å². The topological polar surface area (TPSA) is 74.6 Å². The number of aliphatic carboxylic acids is 2. The van der Waals surface area contributed by atoms with Crippen molar-refractivity contribution in [3.8, 4) is 0 Å². The van der Waals surface area contributed by atoms with E-state index in [0.717, 1.165) is 0 Å². The van der Waals surface area contributed by atoms with Gasteiger partial charge in [0.05, 0.1) is 5.92 Å². The van der Waals surface area contributed by atoms with E-state index in [0.29, 0.717) is 18.6 Å². The lowest BCUT2D eigenvalue weighted by Crippen LogP contribution is -2.28. The second kappa shape index (κ2) is 3.80. The molecule has 0 aliphatic carbocycles. The summed E-state index contributed by atoms with van der Waals surface area (Å²) < 4.78 is 0. The van der Waals surface area contributed by atoms with Gasteiger partial charge < -0.3 is 10.2 Å². The van der Waals surface area contributed by atoms with E-state index in [9.17, 15) is 9.59 Å². The average molecular weight is 190 g/mol. The summed E-state index contributed by atoms with van der Waals surface area (Å²) in [5.41, 5.74) is 0. The highest BCUT2D eigenvalue weighted by Gasteiger charge is 2.29. The minimum absolute atomic E-state index is 0.356. The Kier molecular flexibility index (Phi) is 2.97. The first-order chi connectivity index (χ1) is 5.61. The van der Waals surface area contributed by atoms with Crippen LogP contribution in [-0.4, -0.2) is 33.2 Å². The molecular formula is C7H10O4S. The Morgan fingerprint density at radius 1 is 1.17 bits per heavy atom. The minimum atomic E-state index is -0.830. The van der Waals surface area contributed by atoms with E-state index in [1.165, 1.54) is 11.8 Å². The molecule has 0 aromatic rings. The second-order valence-electron chi connectivity index (χ2n) is 2.77. The molecule has 4 nitrogen and oxygen atoms in total. The molecule has 2 atom stereocenters. The summed E-state index contributed by atoms with van der Waals surface area (Å²) in [7, 11) is 0. The van der Waals surface area contributed by atoms with Gasteiger partial charge in [-0.05, 0) is 12.8 Å². The first kappa shape index (κ1) is 9.38. The SMILES string of the molecule is O=C(O)C1CCC(C(=O)O)SC1. The van der Waals surface area contributed by atoms with Crippen LogP contribution in [0.5, 0.6) is 0 Å². The molecule has 68 valence electrons. The van der Waals surface area contributed by atoms with Crippen molar-refractivity contribution >= 4 is 23.7 Å². The molecule has 1 rings (SSSR count). The summed E-state index contributed by atoms with van der Waals surface area (Å²) in [6.45, 7) is 0. The Hall–Kier alpha value is -0.710. The zero-order valence-corrected chi connectivity index (χ0v) is 7.21. The van der Waals surface area contributed by atoms with Crippen molar-refractivity contribution in [3.05, 3.63) is 0 Å². The van der Waals surface area contributed by atoms with E-state index in [4.69, 9.17) is 10.2 Å². The number of carbonyl (C=O) groups is 2. The van der Waals surface area contributed by atoms with E-state index >= 15 is 0 Å². The number of carboxylic acids is 2. The summed E-state index contributed by atoms with van der Waals surface area (Å²) in [5, 5.41) is 16.8.